The molecule has 2 aliphatic heterocycles. The fourth-order valence-corrected chi connectivity index (χ4v) is 3.67. The Morgan fingerprint density at radius 2 is 2.15 bits per heavy atom. The average Bonchev–Trinajstić information content (AvgIpc) is 2.83. The van der Waals surface area contributed by atoms with Gasteiger partial charge >= 0.3 is 0 Å². The second kappa shape index (κ2) is 8.32. The van der Waals surface area contributed by atoms with Crippen molar-refractivity contribution in [2.45, 2.75) is 32.2 Å². The number of ether oxygens (including phenoxy) is 1. The minimum Gasteiger partial charge on any atom is -0.381 e. The molecule has 3 unspecified atom stereocenters. The van der Waals surface area contributed by atoms with Crippen molar-refractivity contribution < 1.29 is 4.74 Å². The summed E-state index contributed by atoms with van der Waals surface area (Å²) in [7, 11) is 4.52. The predicted octanol–water partition coefficient (Wildman–Crippen LogP) is 1.27. The lowest BCUT2D eigenvalue weighted by atomic mass is 9.94. The van der Waals surface area contributed by atoms with E-state index in [0.717, 1.165) is 25.7 Å². The van der Waals surface area contributed by atoms with Gasteiger partial charge in [0, 0.05) is 38.2 Å². The highest BCUT2D eigenvalue weighted by molar-refractivity contribution is 4.83. The highest BCUT2D eigenvalue weighted by Crippen LogP contribution is 2.19. The maximum atomic E-state index is 5.71. The van der Waals surface area contributed by atoms with Crippen molar-refractivity contribution in [1.82, 2.24) is 15.1 Å². The van der Waals surface area contributed by atoms with E-state index in [1.54, 1.807) is 0 Å². The quantitative estimate of drug-likeness (QED) is 0.762. The van der Waals surface area contributed by atoms with Gasteiger partial charge in [-0.2, -0.15) is 0 Å². The van der Waals surface area contributed by atoms with Crippen LogP contribution in [0.15, 0.2) is 0 Å². The van der Waals surface area contributed by atoms with Crippen LogP contribution in [0.3, 0.4) is 0 Å². The molecule has 3 atom stereocenters. The van der Waals surface area contributed by atoms with Crippen molar-refractivity contribution in [1.29, 1.82) is 0 Å². The third-order valence-corrected chi connectivity index (χ3v) is 4.74. The molecule has 0 spiro atoms. The van der Waals surface area contributed by atoms with E-state index in [1.807, 2.05) is 0 Å². The molecule has 20 heavy (non-hydrogen) atoms. The molecule has 0 aromatic rings. The van der Waals surface area contributed by atoms with E-state index in [9.17, 15) is 0 Å². The zero-order valence-corrected chi connectivity index (χ0v) is 13.6. The van der Waals surface area contributed by atoms with Gasteiger partial charge in [-0.1, -0.05) is 6.92 Å². The molecule has 4 heteroatoms. The summed E-state index contributed by atoms with van der Waals surface area (Å²) < 4.78 is 5.71. The summed E-state index contributed by atoms with van der Waals surface area (Å²) in [5.74, 6) is 1.51. The van der Waals surface area contributed by atoms with E-state index >= 15 is 0 Å². The molecule has 2 saturated heterocycles. The molecule has 0 bridgehead atoms. The first-order chi connectivity index (χ1) is 9.69. The maximum Gasteiger partial charge on any atom is 0.0521 e. The van der Waals surface area contributed by atoms with Gasteiger partial charge < -0.3 is 19.9 Å². The fraction of sp³-hybridized carbons (Fsp3) is 1.00. The number of nitrogens with one attached hydrogen (secondary N) is 1. The predicted molar refractivity (Wildman–Crippen MR) is 84.1 cm³/mol. The van der Waals surface area contributed by atoms with Gasteiger partial charge in [0.05, 0.1) is 6.61 Å². The van der Waals surface area contributed by atoms with E-state index in [0.29, 0.717) is 12.0 Å². The average molecular weight is 283 g/mol. The number of nitrogens with zero attached hydrogens (tertiary/aromatic N) is 2. The van der Waals surface area contributed by atoms with E-state index in [-0.39, 0.29) is 0 Å². The minimum absolute atomic E-state index is 0.650. The van der Waals surface area contributed by atoms with E-state index < -0.39 is 0 Å². The van der Waals surface area contributed by atoms with Crippen molar-refractivity contribution in [3.63, 3.8) is 0 Å². The second-order valence-corrected chi connectivity index (χ2v) is 6.82. The molecule has 0 aromatic carbocycles. The van der Waals surface area contributed by atoms with Crippen LogP contribution in [0.1, 0.15) is 26.2 Å². The molecule has 2 fully saturated rings. The van der Waals surface area contributed by atoms with Gasteiger partial charge in [-0.25, -0.2) is 0 Å². The Labute approximate surface area is 124 Å². The minimum atomic E-state index is 0.650. The Hall–Kier alpha value is -0.160. The van der Waals surface area contributed by atoms with Gasteiger partial charge in [-0.3, -0.25) is 0 Å². The summed E-state index contributed by atoms with van der Waals surface area (Å²) in [6.45, 7) is 10.2. The first-order valence-electron chi connectivity index (χ1n) is 8.37. The normalized spacial score (nSPS) is 32.1. The van der Waals surface area contributed by atoms with Crippen LogP contribution in [0.4, 0.5) is 0 Å². The Balaban J connectivity index is 1.74. The first kappa shape index (κ1) is 16.2. The van der Waals surface area contributed by atoms with Crippen LogP contribution in [-0.4, -0.2) is 75.9 Å². The van der Waals surface area contributed by atoms with Crippen LogP contribution in [-0.2, 0) is 4.74 Å². The van der Waals surface area contributed by atoms with Gasteiger partial charge in [0.1, 0.15) is 0 Å². The summed E-state index contributed by atoms with van der Waals surface area (Å²) in [4.78, 5) is 4.98. The molecule has 2 rings (SSSR count). The second-order valence-electron chi connectivity index (χ2n) is 6.82. The van der Waals surface area contributed by atoms with Crippen molar-refractivity contribution >= 4 is 0 Å². The van der Waals surface area contributed by atoms with E-state index in [2.05, 4.69) is 36.1 Å². The van der Waals surface area contributed by atoms with Crippen molar-refractivity contribution in [3.05, 3.63) is 0 Å². The Kier molecular flexibility index (Phi) is 6.75. The maximum absolute atomic E-state index is 5.71. The smallest absolute Gasteiger partial charge is 0.0521 e. The fourth-order valence-electron chi connectivity index (χ4n) is 3.67. The summed E-state index contributed by atoms with van der Waals surface area (Å²) in [6, 6.07) is 0.650. The molecule has 0 aromatic heterocycles. The molecule has 2 heterocycles. The van der Waals surface area contributed by atoms with E-state index in [4.69, 9.17) is 4.74 Å². The van der Waals surface area contributed by atoms with Gasteiger partial charge in [-0.05, 0) is 52.4 Å². The summed E-state index contributed by atoms with van der Waals surface area (Å²) in [5, 5.41) is 3.71. The molecule has 0 amide bonds. The lowest BCUT2D eigenvalue weighted by Crippen LogP contribution is -2.48. The van der Waals surface area contributed by atoms with Gasteiger partial charge in [-0.15, -0.1) is 0 Å². The lowest BCUT2D eigenvalue weighted by Gasteiger charge is -2.35. The number of hydrogen-bond acceptors (Lipinski definition) is 4. The molecule has 118 valence electrons. The SMILES string of the molecule is CCCNC1CCOCC1CN(C)CC1CCN(C)C1. The lowest BCUT2D eigenvalue weighted by molar-refractivity contribution is 0.0183. The Morgan fingerprint density at radius 1 is 1.30 bits per heavy atom. The zero-order valence-electron chi connectivity index (χ0n) is 13.6. The number of rotatable bonds is 7. The van der Waals surface area contributed by atoms with Gasteiger partial charge in [0.15, 0.2) is 0 Å². The van der Waals surface area contributed by atoms with Crippen LogP contribution in [0.5, 0.6) is 0 Å². The van der Waals surface area contributed by atoms with Crippen molar-refractivity contribution in [2.75, 3.05) is 60.0 Å². The van der Waals surface area contributed by atoms with Crippen LogP contribution in [0.25, 0.3) is 0 Å². The molecule has 0 saturated carbocycles. The summed E-state index contributed by atoms with van der Waals surface area (Å²) >= 11 is 0. The van der Waals surface area contributed by atoms with Gasteiger partial charge in [0.25, 0.3) is 0 Å². The Bertz CT molecular complexity index is 274. The van der Waals surface area contributed by atoms with Crippen LogP contribution >= 0.6 is 0 Å². The summed E-state index contributed by atoms with van der Waals surface area (Å²) in [6.07, 6.45) is 3.75. The third-order valence-electron chi connectivity index (χ3n) is 4.74. The number of hydrogen-bond donors (Lipinski definition) is 1. The summed E-state index contributed by atoms with van der Waals surface area (Å²) in [5.41, 5.74) is 0. The van der Waals surface area contributed by atoms with Crippen LogP contribution < -0.4 is 5.32 Å². The molecule has 0 radical (unpaired) electrons. The topological polar surface area (TPSA) is 27.7 Å². The largest absolute Gasteiger partial charge is 0.381 e. The molecular weight excluding hydrogens is 250 g/mol. The molecule has 4 nitrogen and oxygen atoms in total. The molecule has 0 aliphatic carbocycles. The third kappa shape index (κ3) is 4.99. The highest BCUT2D eigenvalue weighted by Gasteiger charge is 2.27. The Morgan fingerprint density at radius 3 is 2.85 bits per heavy atom. The van der Waals surface area contributed by atoms with Crippen molar-refractivity contribution in [2.24, 2.45) is 11.8 Å². The van der Waals surface area contributed by atoms with Crippen LogP contribution in [0.2, 0.25) is 0 Å². The monoisotopic (exact) mass is 283 g/mol. The zero-order chi connectivity index (χ0) is 14.4. The standard InChI is InChI=1S/C16H33N3O/c1-4-7-17-16-6-9-20-13-15(16)12-19(3)11-14-5-8-18(2)10-14/h14-17H,4-13H2,1-3H3. The van der Waals surface area contributed by atoms with Crippen molar-refractivity contribution in [3.8, 4) is 0 Å². The van der Waals surface area contributed by atoms with Crippen LogP contribution in [0, 0.1) is 11.8 Å². The number of likely N-dealkylation sites (tertiary alicyclic amines) is 1. The highest BCUT2D eigenvalue weighted by atomic mass is 16.5. The first-order valence-corrected chi connectivity index (χ1v) is 8.37. The van der Waals surface area contributed by atoms with E-state index in [1.165, 1.54) is 45.4 Å². The molecule has 2 aliphatic rings. The van der Waals surface area contributed by atoms with Gasteiger partial charge in [0.2, 0.25) is 0 Å². The molecular formula is C16H33N3O. The molecule has 1 N–H and O–H groups in total.